The van der Waals surface area contributed by atoms with Crippen molar-refractivity contribution in [3.8, 4) is 5.75 Å². The molecule has 158 valence electrons. The maximum absolute atomic E-state index is 12.2. The molecule has 0 aliphatic heterocycles. The molecule has 0 radical (unpaired) electrons. The highest BCUT2D eigenvalue weighted by molar-refractivity contribution is 5.79. The van der Waals surface area contributed by atoms with E-state index in [1.807, 2.05) is 6.92 Å². The van der Waals surface area contributed by atoms with Crippen molar-refractivity contribution in [2.24, 2.45) is 10.9 Å². The lowest BCUT2D eigenvalue weighted by atomic mass is 10.2. The summed E-state index contributed by atoms with van der Waals surface area (Å²) in [6.07, 6.45) is -2.57. The Morgan fingerprint density at radius 3 is 2.57 bits per heavy atom. The molecule has 0 aromatic heterocycles. The fourth-order valence-electron chi connectivity index (χ4n) is 2.30. The highest BCUT2D eigenvalue weighted by Gasteiger charge is 2.28. The second kappa shape index (κ2) is 11.1. The molecule has 28 heavy (non-hydrogen) atoms. The molecule has 0 heterocycles. The first-order valence-electron chi connectivity index (χ1n) is 9.42. The largest absolute Gasteiger partial charge is 0.484 e. The fourth-order valence-corrected chi connectivity index (χ4v) is 2.30. The zero-order valence-electron chi connectivity index (χ0n) is 16.0. The molecule has 1 aliphatic rings. The van der Waals surface area contributed by atoms with Gasteiger partial charge in [-0.1, -0.05) is 12.1 Å². The summed E-state index contributed by atoms with van der Waals surface area (Å²) in [5.41, 5.74) is 0.824. The molecule has 1 atom stereocenters. The molecular weight excluding hydrogens is 375 g/mol. The van der Waals surface area contributed by atoms with E-state index in [-0.39, 0.29) is 12.4 Å². The number of hydrogen-bond donors (Lipinski definition) is 3. The number of nitrogens with one attached hydrogen (secondary N) is 2. The number of hydrogen-bond acceptors (Lipinski definition) is 4. The lowest BCUT2D eigenvalue weighted by Gasteiger charge is -2.15. The third-order valence-corrected chi connectivity index (χ3v) is 3.96. The van der Waals surface area contributed by atoms with E-state index in [0.717, 1.165) is 5.56 Å². The van der Waals surface area contributed by atoms with E-state index in [9.17, 15) is 18.3 Å². The Kier molecular flexibility index (Phi) is 8.85. The van der Waals surface area contributed by atoms with Crippen molar-refractivity contribution < 1.29 is 27.8 Å². The van der Waals surface area contributed by atoms with Gasteiger partial charge in [-0.25, -0.2) is 4.99 Å². The predicted octanol–water partition coefficient (Wildman–Crippen LogP) is 2.47. The minimum Gasteiger partial charge on any atom is -0.484 e. The van der Waals surface area contributed by atoms with Crippen LogP contribution in [-0.2, 0) is 11.3 Å². The molecular formula is C19H28F3N3O3. The maximum atomic E-state index is 12.2. The van der Waals surface area contributed by atoms with Crippen LogP contribution in [0.4, 0.5) is 13.2 Å². The van der Waals surface area contributed by atoms with Gasteiger partial charge in [0, 0.05) is 19.7 Å². The van der Waals surface area contributed by atoms with Crippen LogP contribution >= 0.6 is 0 Å². The lowest BCUT2D eigenvalue weighted by molar-refractivity contribution is -0.153. The molecule has 0 spiro atoms. The Labute approximate surface area is 163 Å². The molecule has 2 rings (SSSR count). The van der Waals surface area contributed by atoms with Gasteiger partial charge >= 0.3 is 6.18 Å². The highest BCUT2D eigenvalue weighted by atomic mass is 19.4. The minimum absolute atomic E-state index is 0.157. The van der Waals surface area contributed by atoms with Crippen LogP contribution in [0.25, 0.3) is 0 Å². The number of aliphatic hydroxyl groups excluding tert-OH is 1. The monoisotopic (exact) mass is 403 g/mol. The van der Waals surface area contributed by atoms with Crippen LogP contribution in [0.3, 0.4) is 0 Å². The molecule has 1 fully saturated rings. The second-order valence-corrected chi connectivity index (χ2v) is 6.76. The number of aliphatic hydroxyl groups is 1. The van der Waals surface area contributed by atoms with E-state index in [0.29, 0.717) is 38.1 Å². The van der Waals surface area contributed by atoms with Crippen LogP contribution in [0.2, 0.25) is 0 Å². The van der Waals surface area contributed by atoms with E-state index >= 15 is 0 Å². The van der Waals surface area contributed by atoms with Crippen LogP contribution < -0.4 is 15.4 Å². The summed E-state index contributed by atoms with van der Waals surface area (Å²) in [7, 11) is 0. The quantitative estimate of drug-likeness (QED) is 0.391. The zero-order valence-corrected chi connectivity index (χ0v) is 16.0. The van der Waals surface area contributed by atoms with Gasteiger partial charge in [0.15, 0.2) is 12.6 Å². The molecule has 3 N–H and O–H groups in total. The molecule has 1 aromatic rings. The first-order valence-corrected chi connectivity index (χ1v) is 9.42. The van der Waals surface area contributed by atoms with Crippen molar-refractivity contribution >= 4 is 5.96 Å². The van der Waals surface area contributed by atoms with Crippen molar-refractivity contribution in [3.05, 3.63) is 29.8 Å². The average Bonchev–Trinajstić information content (AvgIpc) is 3.47. The Bertz CT molecular complexity index is 605. The van der Waals surface area contributed by atoms with Crippen molar-refractivity contribution in [1.29, 1.82) is 0 Å². The van der Waals surface area contributed by atoms with Crippen LogP contribution in [-0.4, -0.2) is 56.3 Å². The summed E-state index contributed by atoms with van der Waals surface area (Å²) < 4.78 is 46.6. The molecule has 0 saturated heterocycles. The minimum atomic E-state index is -4.36. The Morgan fingerprint density at radius 1 is 1.25 bits per heavy atom. The summed E-state index contributed by atoms with van der Waals surface area (Å²) in [5.74, 6) is 1.36. The standard InChI is InChI=1S/C19H28F3N3O3/c1-2-23-18(25-10-16(26)12-27-11-15-3-4-15)24-9-14-5-7-17(8-6-14)28-13-19(20,21)22/h5-8,15-16,26H,2-4,9-13H2,1H3,(H2,23,24,25). The summed E-state index contributed by atoms with van der Waals surface area (Å²) in [4.78, 5) is 4.41. The van der Waals surface area contributed by atoms with E-state index in [2.05, 4.69) is 20.4 Å². The van der Waals surface area contributed by atoms with E-state index in [1.165, 1.54) is 25.0 Å². The van der Waals surface area contributed by atoms with E-state index in [1.54, 1.807) is 12.1 Å². The SMILES string of the molecule is CCNC(=NCc1ccc(OCC(F)(F)F)cc1)NCC(O)COCC1CC1. The Balaban J connectivity index is 1.75. The van der Waals surface area contributed by atoms with Crippen molar-refractivity contribution in [3.63, 3.8) is 0 Å². The summed E-state index contributed by atoms with van der Waals surface area (Å²) >= 11 is 0. The number of halogens is 3. The van der Waals surface area contributed by atoms with Gasteiger partial charge in [0.1, 0.15) is 5.75 Å². The number of aliphatic imine (C=N–C) groups is 1. The summed E-state index contributed by atoms with van der Waals surface area (Å²) in [6, 6.07) is 6.30. The van der Waals surface area contributed by atoms with Crippen molar-refractivity contribution in [1.82, 2.24) is 10.6 Å². The topological polar surface area (TPSA) is 75.1 Å². The number of alkyl halides is 3. The molecule has 1 unspecified atom stereocenters. The first-order chi connectivity index (χ1) is 13.4. The molecule has 9 heteroatoms. The third-order valence-electron chi connectivity index (χ3n) is 3.96. The lowest BCUT2D eigenvalue weighted by Crippen LogP contribution is -2.42. The Hall–Kier alpha value is -2.00. The number of guanidine groups is 1. The van der Waals surface area contributed by atoms with Gasteiger partial charge in [-0.05, 0) is 43.4 Å². The third kappa shape index (κ3) is 9.80. The molecule has 1 saturated carbocycles. The fraction of sp³-hybridized carbons (Fsp3) is 0.632. The normalized spacial score (nSPS) is 16.0. The van der Waals surface area contributed by atoms with Gasteiger partial charge in [-0.3, -0.25) is 0 Å². The van der Waals surface area contributed by atoms with Crippen molar-refractivity contribution in [2.75, 3.05) is 32.9 Å². The molecule has 1 aromatic carbocycles. The maximum Gasteiger partial charge on any atom is 0.422 e. The second-order valence-electron chi connectivity index (χ2n) is 6.76. The molecule has 0 bridgehead atoms. The van der Waals surface area contributed by atoms with Gasteiger partial charge < -0.3 is 25.2 Å². The smallest absolute Gasteiger partial charge is 0.422 e. The highest BCUT2D eigenvalue weighted by Crippen LogP contribution is 2.28. The van der Waals surface area contributed by atoms with Crippen LogP contribution in [0.15, 0.2) is 29.3 Å². The van der Waals surface area contributed by atoms with Crippen LogP contribution in [0, 0.1) is 5.92 Å². The van der Waals surface area contributed by atoms with E-state index < -0.39 is 18.9 Å². The molecule has 1 aliphatic carbocycles. The average molecular weight is 403 g/mol. The van der Waals surface area contributed by atoms with Crippen LogP contribution in [0.1, 0.15) is 25.3 Å². The number of ether oxygens (including phenoxy) is 2. The zero-order chi connectivity index (χ0) is 20.4. The van der Waals surface area contributed by atoms with Gasteiger partial charge in [0.05, 0.1) is 19.3 Å². The number of benzene rings is 1. The number of nitrogens with zero attached hydrogens (tertiary/aromatic N) is 1. The summed E-state index contributed by atoms with van der Waals surface area (Å²) in [5, 5.41) is 16.1. The van der Waals surface area contributed by atoms with Crippen molar-refractivity contribution in [2.45, 2.75) is 38.6 Å². The van der Waals surface area contributed by atoms with Gasteiger partial charge in [0.2, 0.25) is 0 Å². The van der Waals surface area contributed by atoms with Gasteiger partial charge in [0.25, 0.3) is 0 Å². The van der Waals surface area contributed by atoms with Gasteiger partial charge in [-0.15, -0.1) is 0 Å². The molecule has 0 amide bonds. The predicted molar refractivity (Wildman–Crippen MR) is 100 cm³/mol. The summed E-state index contributed by atoms with van der Waals surface area (Å²) in [6.45, 7) is 2.90. The van der Waals surface area contributed by atoms with Crippen LogP contribution in [0.5, 0.6) is 5.75 Å². The molecule has 6 nitrogen and oxygen atoms in total. The Morgan fingerprint density at radius 2 is 1.96 bits per heavy atom. The van der Waals surface area contributed by atoms with Gasteiger partial charge in [-0.2, -0.15) is 13.2 Å². The first kappa shape index (κ1) is 22.3. The van der Waals surface area contributed by atoms with E-state index in [4.69, 9.17) is 4.74 Å². The number of rotatable bonds is 11.